The van der Waals surface area contributed by atoms with Gasteiger partial charge in [0.25, 0.3) is 0 Å². The first-order valence-corrected chi connectivity index (χ1v) is 6.77. The smallest absolute Gasteiger partial charge is 0.221 e. The van der Waals surface area contributed by atoms with Crippen LogP contribution in [0.25, 0.3) is 10.8 Å². The lowest BCUT2D eigenvalue weighted by Gasteiger charge is -2.24. The number of anilines is 1. The maximum atomic E-state index is 5.32. The van der Waals surface area contributed by atoms with E-state index in [2.05, 4.69) is 33.8 Å². The number of nitrogens with zero attached hydrogens (tertiary/aromatic N) is 1. The van der Waals surface area contributed by atoms with Crippen molar-refractivity contribution in [2.24, 2.45) is 0 Å². The molecule has 0 amide bonds. The predicted molar refractivity (Wildman–Crippen MR) is 77.8 cm³/mol. The molecule has 0 aliphatic carbocycles. The average molecular weight is 257 g/mol. The Morgan fingerprint density at radius 1 is 1.26 bits per heavy atom. The van der Waals surface area contributed by atoms with Gasteiger partial charge in [-0.3, -0.25) is 0 Å². The number of methoxy groups -OCH3 is 1. The van der Waals surface area contributed by atoms with Crippen LogP contribution in [0.5, 0.6) is 5.88 Å². The molecule has 4 heteroatoms. The first-order chi connectivity index (χ1) is 9.36. The number of ether oxygens (including phenoxy) is 1. The number of pyridine rings is 1. The third-order valence-corrected chi connectivity index (χ3v) is 3.63. The molecule has 0 bridgehead atoms. The second kappa shape index (κ2) is 5.45. The van der Waals surface area contributed by atoms with E-state index in [9.17, 15) is 0 Å². The zero-order valence-electron chi connectivity index (χ0n) is 11.1. The van der Waals surface area contributed by atoms with Crippen LogP contribution in [0, 0.1) is 0 Å². The van der Waals surface area contributed by atoms with Gasteiger partial charge in [0.1, 0.15) is 0 Å². The molecule has 2 N–H and O–H groups in total. The summed E-state index contributed by atoms with van der Waals surface area (Å²) in [5.74, 6) is 0.687. The Hall–Kier alpha value is -1.81. The standard InChI is InChI=1S/C15H19N3O/c1-19-15-14-10-13(3-2-11(14)4-9-17-15)18-12-5-7-16-8-6-12/h2-4,9-10,12,16,18H,5-8H2,1H3. The minimum Gasteiger partial charge on any atom is -0.481 e. The van der Waals surface area contributed by atoms with E-state index in [1.807, 2.05) is 6.07 Å². The van der Waals surface area contributed by atoms with Crippen LogP contribution in [-0.4, -0.2) is 31.2 Å². The van der Waals surface area contributed by atoms with Crippen molar-refractivity contribution >= 4 is 16.5 Å². The van der Waals surface area contributed by atoms with E-state index in [0.29, 0.717) is 11.9 Å². The lowest BCUT2D eigenvalue weighted by atomic mass is 10.1. The Morgan fingerprint density at radius 3 is 2.89 bits per heavy atom. The molecule has 2 heterocycles. The number of rotatable bonds is 3. The van der Waals surface area contributed by atoms with Crippen molar-refractivity contribution in [1.29, 1.82) is 0 Å². The fourth-order valence-electron chi connectivity index (χ4n) is 2.60. The monoisotopic (exact) mass is 257 g/mol. The van der Waals surface area contributed by atoms with E-state index >= 15 is 0 Å². The molecule has 19 heavy (non-hydrogen) atoms. The Bertz CT molecular complexity index is 564. The average Bonchev–Trinajstić information content (AvgIpc) is 2.47. The van der Waals surface area contributed by atoms with E-state index in [4.69, 9.17) is 4.74 Å². The maximum absolute atomic E-state index is 5.32. The van der Waals surface area contributed by atoms with Crippen molar-refractivity contribution in [3.63, 3.8) is 0 Å². The van der Waals surface area contributed by atoms with Crippen LogP contribution in [0.15, 0.2) is 30.5 Å². The molecular weight excluding hydrogens is 238 g/mol. The highest BCUT2D eigenvalue weighted by atomic mass is 16.5. The molecule has 1 aromatic carbocycles. The van der Waals surface area contributed by atoms with Crippen molar-refractivity contribution in [3.8, 4) is 5.88 Å². The number of hydrogen-bond donors (Lipinski definition) is 2. The van der Waals surface area contributed by atoms with Gasteiger partial charge < -0.3 is 15.4 Å². The van der Waals surface area contributed by atoms with Crippen molar-refractivity contribution < 1.29 is 4.74 Å². The second-order valence-electron chi connectivity index (χ2n) is 4.92. The summed E-state index contributed by atoms with van der Waals surface area (Å²) >= 11 is 0. The zero-order chi connectivity index (χ0) is 13.1. The normalized spacial score (nSPS) is 16.5. The Labute approximate surface area is 113 Å². The second-order valence-corrected chi connectivity index (χ2v) is 4.92. The number of hydrogen-bond acceptors (Lipinski definition) is 4. The molecule has 0 radical (unpaired) electrons. The lowest BCUT2D eigenvalue weighted by Crippen LogP contribution is -2.35. The van der Waals surface area contributed by atoms with Gasteiger partial charge in [0.2, 0.25) is 5.88 Å². The fourth-order valence-corrected chi connectivity index (χ4v) is 2.60. The van der Waals surface area contributed by atoms with Crippen molar-refractivity contribution in [3.05, 3.63) is 30.5 Å². The number of fused-ring (bicyclic) bond motifs is 1. The highest BCUT2D eigenvalue weighted by Gasteiger charge is 2.13. The maximum Gasteiger partial charge on any atom is 0.221 e. The molecule has 1 fully saturated rings. The summed E-state index contributed by atoms with van der Waals surface area (Å²) in [5, 5.41) is 9.19. The van der Waals surface area contributed by atoms with Gasteiger partial charge in [-0.15, -0.1) is 0 Å². The molecule has 1 saturated heterocycles. The predicted octanol–water partition coefficient (Wildman–Crippen LogP) is 2.41. The molecule has 3 rings (SSSR count). The number of aromatic nitrogens is 1. The fraction of sp³-hybridized carbons (Fsp3) is 0.400. The zero-order valence-corrected chi connectivity index (χ0v) is 11.1. The van der Waals surface area contributed by atoms with Crippen LogP contribution in [-0.2, 0) is 0 Å². The highest BCUT2D eigenvalue weighted by molar-refractivity contribution is 5.89. The molecular formula is C15H19N3O. The molecule has 0 saturated carbocycles. The topological polar surface area (TPSA) is 46.2 Å². The molecule has 0 unspecified atom stereocenters. The van der Waals surface area contributed by atoms with E-state index in [-0.39, 0.29) is 0 Å². The molecule has 1 aliphatic heterocycles. The summed E-state index contributed by atoms with van der Waals surface area (Å²) in [5.41, 5.74) is 1.14. The van der Waals surface area contributed by atoms with Crippen LogP contribution in [0.1, 0.15) is 12.8 Å². The SMILES string of the molecule is COc1nccc2ccc(NC3CCNCC3)cc12. The Morgan fingerprint density at radius 2 is 2.11 bits per heavy atom. The van der Waals surface area contributed by atoms with Gasteiger partial charge in [-0.25, -0.2) is 4.98 Å². The van der Waals surface area contributed by atoms with Crippen LogP contribution in [0.2, 0.25) is 0 Å². The molecule has 2 aromatic rings. The van der Waals surface area contributed by atoms with Gasteiger partial charge in [-0.1, -0.05) is 6.07 Å². The molecule has 1 aromatic heterocycles. The molecule has 4 nitrogen and oxygen atoms in total. The van der Waals surface area contributed by atoms with Crippen molar-refractivity contribution in [2.45, 2.75) is 18.9 Å². The lowest BCUT2D eigenvalue weighted by molar-refractivity contribution is 0.403. The largest absolute Gasteiger partial charge is 0.481 e. The van der Waals surface area contributed by atoms with Crippen LogP contribution in [0.3, 0.4) is 0 Å². The summed E-state index contributed by atoms with van der Waals surface area (Å²) in [6, 6.07) is 8.93. The molecule has 0 atom stereocenters. The van der Waals surface area contributed by atoms with E-state index in [1.165, 1.54) is 12.8 Å². The Kier molecular flexibility index (Phi) is 3.51. The summed E-state index contributed by atoms with van der Waals surface area (Å²) in [4.78, 5) is 4.25. The first-order valence-electron chi connectivity index (χ1n) is 6.77. The number of benzene rings is 1. The van der Waals surface area contributed by atoms with Crippen molar-refractivity contribution in [1.82, 2.24) is 10.3 Å². The van der Waals surface area contributed by atoms with E-state index in [1.54, 1.807) is 13.3 Å². The van der Waals surface area contributed by atoms with Gasteiger partial charge in [-0.2, -0.15) is 0 Å². The van der Waals surface area contributed by atoms with Gasteiger partial charge in [-0.05, 0) is 49.5 Å². The van der Waals surface area contributed by atoms with Gasteiger partial charge >= 0.3 is 0 Å². The third kappa shape index (κ3) is 2.63. The minimum atomic E-state index is 0.557. The van der Waals surface area contributed by atoms with E-state index < -0.39 is 0 Å². The molecule has 1 aliphatic rings. The Balaban J connectivity index is 1.87. The van der Waals surface area contributed by atoms with Crippen LogP contribution < -0.4 is 15.4 Å². The summed E-state index contributed by atoms with van der Waals surface area (Å²) in [7, 11) is 1.66. The van der Waals surface area contributed by atoms with Gasteiger partial charge in [0, 0.05) is 23.3 Å². The molecule has 100 valence electrons. The minimum absolute atomic E-state index is 0.557. The van der Waals surface area contributed by atoms with Crippen LogP contribution >= 0.6 is 0 Å². The van der Waals surface area contributed by atoms with Crippen molar-refractivity contribution in [2.75, 3.05) is 25.5 Å². The number of nitrogens with one attached hydrogen (secondary N) is 2. The summed E-state index contributed by atoms with van der Waals surface area (Å²) in [6.07, 6.45) is 4.12. The molecule has 0 spiro atoms. The quantitative estimate of drug-likeness (QED) is 0.886. The highest BCUT2D eigenvalue weighted by Crippen LogP contribution is 2.26. The summed E-state index contributed by atoms with van der Waals surface area (Å²) in [6.45, 7) is 2.19. The summed E-state index contributed by atoms with van der Waals surface area (Å²) < 4.78 is 5.32. The van der Waals surface area contributed by atoms with Gasteiger partial charge in [0.05, 0.1) is 7.11 Å². The van der Waals surface area contributed by atoms with Gasteiger partial charge in [0.15, 0.2) is 0 Å². The number of piperidine rings is 1. The van der Waals surface area contributed by atoms with E-state index in [0.717, 1.165) is 29.5 Å². The third-order valence-electron chi connectivity index (χ3n) is 3.63. The first kappa shape index (κ1) is 12.2. The van der Waals surface area contributed by atoms with Crippen LogP contribution in [0.4, 0.5) is 5.69 Å².